The Kier molecular flexibility index (Phi) is 6.93. The molecule has 15 heteroatoms. The molecule has 3 N–H and O–H groups in total. The Morgan fingerprint density at radius 3 is 2.69 bits per heavy atom. The average molecular weight is 526 g/mol. The van der Waals surface area contributed by atoms with E-state index in [9.17, 15) is 27.6 Å². The number of halogens is 4. The summed E-state index contributed by atoms with van der Waals surface area (Å²) in [6.07, 6.45) is -0.187. The van der Waals surface area contributed by atoms with Gasteiger partial charge in [-0.3, -0.25) is 14.4 Å². The summed E-state index contributed by atoms with van der Waals surface area (Å²) < 4.78 is 39.0. The molecule has 1 aliphatic heterocycles. The number of amides is 3. The van der Waals surface area contributed by atoms with Crippen LogP contribution in [0.1, 0.15) is 49.1 Å². The van der Waals surface area contributed by atoms with E-state index in [-0.39, 0.29) is 28.8 Å². The van der Waals surface area contributed by atoms with Crippen molar-refractivity contribution in [3.8, 4) is 0 Å². The zero-order chi connectivity index (χ0) is 25.2. The molecule has 4 heterocycles. The van der Waals surface area contributed by atoms with Crippen molar-refractivity contribution in [1.82, 2.24) is 25.3 Å². The first-order valence-electron chi connectivity index (χ1n) is 10.0. The van der Waals surface area contributed by atoms with Crippen LogP contribution in [0.2, 0.25) is 5.02 Å². The largest absolute Gasteiger partial charge is 0.418 e. The molecule has 0 fully saturated rings. The zero-order valence-corrected chi connectivity index (χ0v) is 19.1. The lowest BCUT2D eigenvalue weighted by Gasteiger charge is -2.10. The van der Waals surface area contributed by atoms with E-state index in [2.05, 4.69) is 35.9 Å². The molecule has 0 bridgehead atoms. The third-order valence-electron chi connectivity index (χ3n) is 4.83. The third kappa shape index (κ3) is 5.71. The predicted octanol–water partition coefficient (Wildman–Crippen LogP) is 3.46. The number of nitrogens with zero attached hydrogens (tertiary/aromatic N) is 4. The number of hydrogen-bond donors (Lipinski definition) is 3. The van der Waals surface area contributed by atoms with Crippen molar-refractivity contribution < 1.29 is 27.6 Å². The second-order valence-corrected chi connectivity index (χ2v) is 8.78. The summed E-state index contributed by atoms with van der Waals surface area (Å²) in [4.78, 5) is 52.7. The molecule has 0 aromatic carbocycles. The predicted molar refractivity (Wildman–Crippen MR) is 119 cm³/mol. The van der Waals surface area contributed by atoms with Gasteiger partial charge in [0, 0.05) is 18.2 Å². The molecule has 3 aromatic heterocycles. The fourth-order valence-electron chi connectivity index (χ4n) is 3.21. The SMILES string of the molecule is O=C1CCCc2c(ncnc2C(=O)NCc2ncc(C(=O)Nc3cc(C(F)(F)F)c(Cl)cn3)s2)N1. The zero-order valence-electron chi connectivity index (χ0n) is 17.6. The van der Waals surface area contributed by atoms with Crippen LogP contribution in [0.5, 0.6) is 0 Å². The van der Waals surface area contributed by atoms with E-state index >= 15 is 0 Å². The number of nitrogens with one attached hydrogen (secondary N) is 3. The molecule has 3 aromatic rings. The lowest BCUT2D eigenvalue weighted by Crippen LogP contribution is -2.25. The Morgan fingerprint density at radius 2 is 1.91 bits per heavy atom. The molecule has 182 valence electrons. The van der Waals surface area contributed by atoms with Gasteiger partial charge in [-0.25, -0.2) is 19.9 Å². The Labute approximate surface area is 204 Å². The van der Waals surface area contributed by atoms with Gasteiger partial charge in [-0.2, -0.15) is 13.2 Å². The van der Waals surface area contributed by atoms with Crippen molar-refractivity contribution in [2.75, 3.05) is 10.6 Å². The second-order valence-electron chi connectivity index (χ2n) is 7.25. The summed E-state index contributed by atoms with van der Waals surface area (Å²) in [5.41, 5.74) is -0.468. The number of fused-ring (bicyclic) bond motifs is 1. The Balaban J connectivity index is 1.40. The summed E-state index contributed by atoms with van der Waals surface area (Å²) in [5, 5.41) is 7.35. The van der Waals surface area contributed by atoms with Crippen LogP contribution >= 0.6 is 22.9 Å². The number of hydrogen-bond acceptors (Lipinski definition) is 8. The Bertz CT molecular complexity index is 1320. The van der Waals surface area contributed by atoms with Crippen LogP contribution in [0.25, 0.3) is 0 Å². The molecule has 1 aliphatic rings. The van der Waals surface area contributed by atoms with Crippen molar-refractivity contribution in [2.24, 2.45) is 0 Å². The van der Waals surface area contributed by atoms with Crippen molar-refractivity contribution in [2.45, 2.75) is 32.0 Å². The molecule has 0 saturated heterocycles. The first-order chi connectivity index (χ1) is 16.6. The van der Waals surface area contributed by atoms with Crippen molar-refractivity contribution in [1.29, 1.82) is 0 Å². The van der Waals surface area contributed by atoms with Crippen LogP contribution in [0, 0.1) is 0 Å². The van der Waals surface area contributed by atoms with Gasteiger partial charge in [-0.05, 0) is 18.9 Å². The molecule has 4 rings (SSSR count). The molecule has 0 saturated carbocycles. The molecule has 0 atom stereocenters. The van der Waals surface area contributed by atoms with E-state index in [4.69, 9.17) is 11.6 Å². The molecular weight excluding hydrogens is 511 g/mol. The number of rotatable bonds is 5. The molecular formula is C20H15ClF3N7O3S. The van der Waals surface area contributed by atoms with Gasteiger partial charge in [0.05, 0.1) is 23.3 Å². The van der Waals surface area contributed by atoms with E-state index in [0.29, 0.717) is 41.7 Å². The number of pyridine rings is 1. The number of aromatic nitrogens is 4. The first-order valence-corrected chi connectivity index (χ1v) is 11.2. The van der Waals surface area contributed by atoms with Crippen molar-refractivity contribution in [3.63, 3.8) is 0 Å². The standard InChI is InChI=1S/C20H15ClF3N7O3S/c21-11-5-25-13(4-10(11)20(22,23)24)30-18(33)12-6-26-15(35-12)7-27-19(34)16-9-2-1-3-14(32)31-17(9)29-8-28-16/h4-6,8H,1-3,7H2,(H,27,34)(H,25,30,33)(H,28,29,31,32). The van der Waals surface area contributed by atoms with Crippen LogP contribution in [0.3, 0.4) is 0 Å². The topological polar surface area (TPSA) is 139 Å². The van der Waals surface area contributed by atoms with E-state index < -0.39 is 28.6 Å². The lowest BCUT2D eigenvalue weighted by atomic mass is 10.1. The minimum absolute atomic E-state index is 0.0284. The third-order valence-corrected chi connectivity index (χ3v) is 6.13. The van der Waals surface area contributed by atoms with Gasteiger partial charge >= 0.3 is 6.18 Å². The summed E-state index contributed by atoms with van der Waals surface area (Å²) in [7, 11) is 0. The van der Waals surface area contributed by atoms with E-state index in [1.807, 2.05) is 0 Å². The highest BCUT2D eigenvalue weighted by Gasteiger charge is 2.34. The first kappa shape index (κ1) is 24.5. The van der Waals surface area contributed by atoms with Gasteiger partial charge in [-0.15, -0.1) is 11.3 Å². The maximum absolute atomic E-state index is 13.0. The molecule has 0 unspecified atom stereocenters. The van der Waals surface area contributed by atoms with Gasteiger partial charge in [0.1, 0.15) is 33.5 Å². The number of anilines is 2. The minimum atomic E-state index is -4.71. The van der Waals surface area contributed by atoms with Crippen molar-refractivity contribution in [3.05, 3.63) is 56.5 Å². The number of carbonyl (C=O) groups excluding carboxylic acids is 3. The average Bonchev–Trinajstić information content (AvgIpc) is 3.19. The second kappa shape index (κ2) is 9.92. The summed E-state index contributed by atoms with van der Waals surface area (Å²) in [6.45, 7) is -0.0284. The quantitative estimate of drug-likeness (QED) is 0.463. The Morgan fingerprint density at radius 1 is 1.11 bits per heavy atom. The van der Waals surface area contributed by atoms with Crippen LogP contribution in [-0.2, 0) is 23.9 Å². The minimum Gasteiger partial charge on any atom is -0.344 e. The van der Waals surface area contributed by atoms with Gasteiger partial charge < -0.3 is 16.0 Å². The molecule has 35 heavy (non-hydrogen) atoms. The van der Waals surface area contributed by atoms with Gasteiger partial charge in [0.25, 0.3) is 11.8 Å². The number of alkyl halides is 3. The van der Waals surface area contributed by atoms with Crippen LogP contribution < -0.4 is 16.0 Å². The van der Waals surface area contributed by atoms with Gasteiger partial charge in [-0.1, -0.05) is 11.6 Å². The van der Waals surface area contributed by atoms with Gasteiger partial charge in [0.2, 0.25) is 5.91 Å². The highest BCUT2D eigenvalue weighted by Crippen LogP contribution is 2.35. The summed E-state index contributed by atoms with van der Waals surface area (Å²) >= 11 is 6.47. The number of thiazole rings is 1. The molecule has 0 aliphatic carbocycles. The maximum atomic E-state index is 13.0. The van der Waals surface area contributed by atoms with Crippen LogP contribution in [0.15, 0.2) is 24.8 Å². The van der Waals surface area contributed by atoms with Gasteiger partial charge in [0.15, 0.2) is 0 Å². The number of carbonyl (C=O) groups is 3. The normalized spacial score (nSPS) is 13.4. The summed E-state index contributed by atoms with van der Waals surface area (Å²) in [5.74, 6) is -1.45. The highest BCUT2D eigenvalue weighted by molar-refractivity contribution is 7.13. The smallest absolute Gasteiger partial charge is 0.344 e. The highest BCUT2D eigenvalue weighted by atomic mass is 35.5. The van der Waals surface area contributed by atoms with Crippen LogP contribution in [0.4, 0.5) is 24.8 Å². The van der Waals surface area contributed by atoms with E-state index in [1.54, 1.807) is 0 Å². The molecule has 0 spiro atoms. The van der Waals surface area contributed by atoms with E-state index in [0.717, 1.165) is 17.5 Å². The van der Waals surface area contributed by atoms with Crippen LogP contribution in [-0.4, -0.2) is 37.7 Å². The summed E-state index contributed by atoms with van der Waals surface area (Å²) in [6, 6.07) is 0.634. The molecule has 0 radical (unpaired) electrons. The monoisotopic (exact) mass is 525 g/mol. The fraction of sp³-hybridized carbons (Fsp3) is 0.250. The van der Waals surface area contributed by atoms with Crippen molar-refractivity contribution >= 4 is 52.3 Å². The maximum Gasteiger partial charge on any atom is 0.418 e. The molecule has 10 nitrogen and oxygen atoms in total. The fourth-order valence-corrected chi connectivity index (χ4v) is 4.17. The lowest BCUT2D eigenvalue weighted by molar-refractivity contribution is -0.137. The van der Waals surface area contributed by atoms with E-state index in [1.165, 1.54) is 12.5 Å². The molecule has 3 amide bonds. The Hall–Kier alpha value is -3.65.